The van der Waals surface area contributed by atoms with Crippen LogP contribution >= 0.6 is 11.6 Å². The van der Waals surface area contributed by atoms with Gasteiger partial charge in [0.2, 0.25) is 11.7 Å². The Bertz CT molecular complexity index is 888. The van der Waals surface area contributed by atoms with E-state index >= 15 is 0 Å². The number of nitrogens with one attached hydrogen (secondary N) is 1. The Morgan fingerprint density at radius 1 is 1.04 bits per heavy atom. The van der Waals surface area contributed by atoms with E-state index in [-0.39, 0.29) is 17.4 Å². The molecule has 7 heteroatoms. The Kier molecular flexibility index (Phi) is 5.11. The van der Waals surface area contributed by atoms with E-state index in [0.717, 1.165) is 5.56 Å². The summed E-state index contributed by atoms with van der Waals surface area (Å²) in [5.74, 6) is 0.354. The van der Waals surface area contributed by atoms with E-state index in [1.165, 1.54) is 12.1 Å². The number of benzene rings is 2. The van der Waals surface area contributed by atoms with Gasteiger partial charge in [0.05, 0.1) is 15.6 Å². The largest absolute Gasteiger partial charge is 0.473 e. The fraction of sp³-hybridized carbons (Fsp3) is 0.0556. The molecule has 0 saturated heterocycles. The number of aromatic nitrogens is 1. The molecule has 3 aromatic rings. The second-order valence-electron chi connectivity index (χ2n) is 5.15. The maximum absolute atomic E-state index is 11.2. The fourth-order valence-corrected chi connectivity index (χ4v) is 2.36. The van der Waals surface area contributed by atoms with Crippen molar-refractivity contribution in [1.82, 2.24) is 4.98 Å². The highest BCUT2D eigenvalue weighted by molar-refractivity contribution is 6.33. The second-order valence-corrected chi connectivity index (χ2v) is 5.56. The number of pyridine rings is 1. The van der Waals surface area contributed by atoms with Crippen molar-refractivity contribution in [3.05, 3.63) is 87.4 Å². The highest BCUT2D eigenvalue weighted by Gasteiger charge is 2.17. The molecule has 0 spiro atoms. The molecule has 25 heavy (non-hydrogen) atoms. The van der Waals surface area contributed by atoms with Gasteiger partial charge in [-0.1, -0.05) is 54.1 Å². The van der Waals surface area contributed by atoms with Gasteiger partial charge in [0.15, 0.2) is 0 Å². The molecule has 0 unspecified atom stereocenters. The molecule has 0 aliphatic carbocycles. The molecule has 1 heterocycles. The van der Waals surface area contributed by atoms with Gasteiger partial charge < -0.3 is 10.1 Å². The van der Waals surface area contributed by atoms with Crippen LogP contribution < -0.4 is 10.1 Å². The van der Waals surface area contributed by atoms with Gasteiger partial charge in [0.25, 0.3) is 0 Å². The molecule has 0 saturated carbocycles. The predicted octanol–water partition coefficient (Wildman–Crippen LogP) is 4.97. The highest BCUT2D eigenvalue weighted by Crippen LogP contribution is 2.31. The second kappa shape index (κ2) is 7.63. The molecular formula is C18H14ClN3O3. The van der Waals surface area contributed by atoms with Crippen molar-refractivity contribution in [2.24, 2.45) is 0 Å². The first-order valence-corrected chi connectivity index (χ1v) is 7.85. The molecule has 0 radical (unpaired) electrons. The zero-order valence-electron chi connectivity index (χ0n) is 13.1. The fourth-order valence-electron chi connectivity index (χ4n) is 2.18. The van der Waals surface area contributed by atoms with E-state index in [9.17, 15) is 10.1 Å². The number of anilines is 2. The van der Waals surface area contributed by atoms with Crippen LogP contribution in [0.25, 0.3) is 0 Å². The summed E-state index contributed by atoms with van der Waals surface area (Å²) >= 11 is 6.10. The molecule has 0 fully saturated rings. The van der Waals surface area contributed by atoms with Gasteiger partial charge >= 0.3 is 5.69 Å². The Balaban J connectivity index is 1.84. The van der Waals surface area contributed by atoms with E-state index in [0.29, 0.717) is 17.3 Å². The lowest BCUT2D eigenvalue weighted by molar-refractivity contribution is -0.384. The zero-order chi connectivity index (χ0) is 17.6. The van der Waals surface area contributed by atoms with Crippen molar-refractivity contribution in [1.29, 1.82) is 0 Å². The highest BCUT2D eigenvalue weighted by atomic mass is 35.5. The minimum atomic E-state index is -0.507. The molecule has 0 bridgehead atoms. The normalized spacial score (nSPS) is 10.3. The first kappa shape index (κ1) is 16.7. The zero-order valence-corrected chi connectivity index (χ0v) is 13.8. The lowest BCUT2D eigenvalue weighted by atomic mass is 10.2. The van der Waals surface area contributed by atoms with Crippen molar-refractivity contribution in [3.8, 4) is 5.88 Å². The van der Waals surface area contributed by atoms with Crippen LogP contribution in [-0.4, -0.2) is 9.91 Å². The number of nitro groups is 1. The van der Waals surface area contributed by atoms with E-state index in [1.807, 2.05) is 30.3 Å². The summed E-state index contributed by atoms with van der Waals surface area (Å²) < 4.78 is 5.63. The number of rotatable bonds is 6. The van der Waals surface area contributed by atoms with Gasteiger partial charge in [0, 0.05) is 12.1 Å². The van der Waals surface area contributed by atoms with Crippen molar-refractivity contribution >= 4 is 28.8 Å². The average Bonchev–Trinajstić information content (AvgIpc) is 2.63. The van der Waals surface area contributed by atoms with Crippen LogP contribution in [0, 0.1) is 10.1 Å². The van der Waals surface area contributed by atoms with Gasteiger partial charge in [-0.05, 0) is 17.7 Å². The Morgan fingerprint density at radius 3 is 2.48 bits per heavy atom. The minimum Gasteiger partial charge on any atom is -0.473 e. The van der Waals surface area contributed by atoms with Crippen molar-refractivity contribution in [3.63, 3.8) is 0 Å². The molecule has 3 rings (SSSR count). The van der Waals surface area contributed by atoms with Gasteiger partial charge in [-0.3, -0.25) is 10.1 Å². The summed E-state index contributed by atoms with van der Waals surface area (Å²) in [4.78, 5) is 14.9. The quantitative estimate of drug-likeness (QED) is 0.499. The van der Waals surface area contributed by atoms with Gasteiger partial charge in [-0.15, -0.1) is 0 Å². The minimum absolute atomic E-state index is 0.0728. The summed E-state index contributed by atoms with van der Waals surface area (Å²) in [5.41, 5.74) is 1.34. The summed E-state index contributed by atoms with van der Waals surface area (Å²) in [5, 5.41) is 14.6. The monoisotopic (exact) mass is 355 g/mol. The van der Waals surface area contributed by atoms with Crippen molar-refractivity contribution in [2.75, 3.05) is 5.32 Å². The number of nitrogens with zero attached hydrogens (tertiary/aromatic N) is 2. The smallest absolute Gasteiger partial charge is 0.311 e. The van der Waals surface area contributed by atoms with Crippen LogP contribution in [0.2, 0.25) is 5.02 Å². The molecule has 1 N–H and O–H groups in total. The van der Waals surface area contributed by atoms with Crippen LogP contribution in [0.5, 0.6) is 5.88 Å². The molecule has 0 atom stereocenters. The SMILES string of the molecule is O=[N+]([O-])c1ccc(OCc2ccccc2)nc1Nc1ccccc1Cl. The predicted molar refractivity (Wildman–Crippen MR) is 96.4 cm³/mol. The number of hydrogen-bond donors (Lipinski definition) is 1. The van der Waals surface area contributed by atoms with Crippen molar-refractivity contribution < 1.29 is 9.66 Å². The molecule has 2 aromatic carbocycles. The summed E-state index contributed by atoms with van der Waals surface area (Å²) in [7, 11) is 0. The number of halogens is 1. The number of ether oxygens (including phenoxy) is 1. The van der Waals surface area contributed by atoms with Gasteiger partial charge in [-0.25, -0.2) is 0 Å². The topological polar surface area (TPSA) is 77.3 Å². The summed E-state index contributed by atoms with van der Waals surface area (Å²) in [6.07, 6.45) is 0. The first-order valence-electron chi connectivity index (χ1n) is 7.47. The van der Waals surface area contributed by atoms with Crippen LogP contribution in [-0.2, 0) is 6.61 Å². The Morgan fingerprint density at radius 2 is 1.76 bits per heavy atom. The Hall–Kier alpha value is -3.12. The molecule has 1 aromatic heterocycles. The summed E-state index contributed by atoms with van der Waals surface area (Å²) in [6, 6.07) is 19.4. The standard InChI is InChI=1S/C18H14ClN3O3/c19-14-8-4-5-9-15(14)20-18-16(22(23)24)10-11-17(21-18)25-12-13-6-2-1-3-7-13/h1-11H,12H2,(H,20,21). The first-order chi connectivity index (χ1) is 12.1. The third-order valence-electron chi connectivity index (χ3n) is 3.40. The van der Waals surface area contributed by atoms with Crippen LogP contribution in [0.3, 0.4) is 0 Å². The molecule has 0 aliphatic rings. The van der Waals surface area contributed by atoms with Crippen LogP contribution in [0.15, 0.2) is 66.7 Å². The van der Waals surface area contributed by atoms with Crippen LogP contribution in [0.1, 0.15) is 5.56 Å². The molecular weight excluding hydrogens is 342 g/mol. The third-order valence-corrected chi connectivity index (χ3v) is 3.73. The third kappa shape index (κ3) is 4.24. The number of para-hydroxylation sites is 1. The van der Waals surface area contributed by atoms with Gasteiger partial charge in [0.1, 0.15) is 6.61 Å². The summed E-state index contributed by atoms with van der Waals surface area (Å²) in [6.45, 7) is 0.317. The van der Waals surface area contributed by atoms with Crippen molar-refractivity contribution in [2.45, 2.75) is 6.61 Å². The van der Waals surface area contributed by atoms with Crippen LogP contribution in [0.4, 0.5) is 17.2 Å². The Labute approximate surface area is 149 Å². The molecule has 6 nitrogen and oxygen atoms in total. The molecule has 126 valence electrons. The van der Waals surface area contributed by atoms with E-state index in [1.54, 1.807) is 24.3 Å². The maximum Gasteiger partial charge on any atom is 0.311 e. The van der Waals surface area contributed by atoms with E-state index in [2.05, 4.69) is 10.3 Å². The number of hydrogen-bond acceptors (Lipinski definition) is 5. The molecule has 0 amide bonds. The van der Waals surface area contributed by atoms with E-state index in [4.69, 9.17) is 16.3 Å². The average molecular weight is 356 g/mol. The molecule has 0 aliphatic heterocycles. The lowest BCUT2D eigenvalue weighted by Gasteiger charge is -2.10. The lowest BCUT2D eigenvalue weighted by Crippen LogP contribution is -2.03. The van der Waals surface area contributed by atoms with Gasteiger partial charge in [-0.2, -0.15) is 4.98 Å². The van der Waals surface area contributed by atoms with E-state index < -0.39 is 4.92 Å². The maximum atomic E-state index is 11.2.